The standard InChI is InChI=1S/C20H25NO3S/c1-5-16(14-11-12-17(23-3)18(13-14)24-4)21-20(22)15-9-7-8-10-19(15)25-6-2/h7-13,16H,5-6H2,1-4H3,(H,21,22). The molecular formula is C20H25NO3S. The molecule has 2 rings (SSSR count). The SMILES string of the molecule is CCSc1ccccc1C(=O)NC(CC)c1ccc(OC)c(OC)c1. The lowest BCUT2D eigenvalue weighted by Crippen LogP contribution is -2.28. The predicted molar refractivity (Wildman–Crippen MR) is 103 cm³/mol. The van der Waals surface area contributed by atoms with E-state index >= 15 is 0 Å². The third kappa shape index (κ3) is 4.69. The molecule has 0 saturated heterocycles. The highest BCUT2D eigenvalue weighted by Gasteiger charge is 2.18. The summed E-state index contributed by atoms with van der Waals surface area (Å²) < 4.78 is 10.7. The molecule has 0 heterocycles. The van der Waals surface area contributed by atoms with E-state index in [9.17, 15) is 4.79 Å². The normalized spacial score (nSPS) is 11.7. The second-order valence-corrected chi connectivity index (χ2v) is 6.78. The van der Waals surface area contributed by atoms with Crippen LogP contribution in [-0.4, -0.2) is 25.9 Å². The molecule has 2 aromatic rings. The molecule has 0 aromatic heterocycles. The van der Waals surface area contributed by atoms with Crippen LogP contribution in [0.2, 0.25) is 0 Å². The summed E-state index contributed by atoms with van der Waals surface area (Å²) in [7, 11) is 3.22. The van der Waals surface area contributed by atoms with E-state index in [2.05, 4.69) is 12.2 Å². The Kier molecular flexibility index (Phi) is 7.19. The van der Waals surface area contributed by atoms with Crippen LogP contribution < -0.4 is 14.8 Å². The summed E-state index contributed by atoms with van der Waals surface area (Å²) in [5.74, 6) is 2.21. The van der Waals surface area contributed by atoms with Crippen molar-refractivity contribution in [3.63, 3.8) is 0 Å². The van der Waals surface area contributed by atoms with Gasteiger partial charge in [0, 0.05) is 4.90 Å². The van der Waals surface area contributed by atoms with E-state index in [-0.39, 0.29) is 11.9 Å². The summed E-state index contributed by atoms with van der Waals surface area (Å²) >= 11 is 1.67. The molecule has 0 spiro atoms. The Morgan fingerprint density at radius 2 is 1.80 bits per heavy atom. The van der Waals surface area contributed by atoms with Gasteiger partial charge in [-0.3, -0.25) is 4.79 Å². The van der Waals surface area contributed by atoms with Gasteiger partial charge in [0.2, 0.25) is 0 Å². The Morgan fingerprint density at radius 1 is 1.08 bits per heavy atom. The highest BCUT2D eigenvalue weighted by atomic mass is 32.2. The first kappa shape index (κ1) is 19.2. The van der Waals surface area contributed by atoms with Crippen LogP contribution in [-0.2, 0) is 0 Å². The number of hydrogen-bond acceptors (Lipinski definition) is 4. The fraction of sp³-hybridized carbons (Fsp3) is 0.350. The first-order chi connectivity index (χ1) is 12.1. The molecular weight excluding hydrogens is 334 g/mol. The molecule has 1 atom stereocenters. The van der Waals surface area contributed by atoms with Crippen molar-refractivity contribution in [2.24, 2.45) is 0 Å². The van der Waals surface area contributed by atoms with Gasteiger partial charge >= 0.3 is 0 Å². The highest BCUT2D eigenvalue weighted by Crippen LogP contribution is 2.31. The van der Waals surface area contributed by atoms with Gasteiger partial charge in [0.15, 0.2) is 11.5 Å². The first-order valence-corrected chi connectivity index (χ1v) is 9.37. The summed E-state index contributed by atoms with van der Waals surface area (Å²) in [6.45, 7) is 4.13. The molecule has 0 saturated carbocycles. The van der Waals surface area contributed by atoms with Crippen molar-refractivity contribution in [2.45, 2.75) is 31.2 Å². The maximum absolute atomic E-state index is 12.8. The van der Waals surface area contributed by atoms with E-state index in [1.807, 2.05) is 49.4 Å². The number of carbonyl (C=O) groups is 1. The van der Waals surface area contributed by atoms with Crippen LogP contribution in [0.5, 0.6) is 11.5 Å². The molecule has 1 unspecified atom stereocenters. The van der Waals surface area contributed by atoms with E-state index < -0.39 is 0 Å². The monoisotopic (exact) mass is 359 g/mol. The predicted octanol–water partition coefficient (Wildman–Crippen LogP) is 4.70. The van der Waals surface area contributed by atoms with E-state index in [4.69, 9.17) is 9.47 Å². The van der Waals surface area contributed by atoms with Crippen LogP contribution in [0.15, 0.2) is 47.4 Å². The van der Waals surface area contributed by atoms with Crippen LogP contribution >= 0.6 is 11.8 Å². The Labute approximate surface area is 153 Å². The zero-order valence-corrected chi connectivity index (χ0v) is 16.0. The molecule has 0 aliphatic rings. The molecule has 25 heavy (non-hydrogen) atoms. The minimum atomic E-state index is -0.0908. The average molecular weight is 359 g/mol. The number of benzene rings is 2. The number of nitrogens with one attached hydrogen (secondary N) is 1. The van der Waals surface area contributed by atoms with E-state index in [1.54, 1.807) is 26.0 Å². The van der Waals surface area contributed by atoms with Gasteiger partial charge in [-0.05, 0) is 42.0 Å². The van der Waals surface area contributed by atoms with Crippen LogP contribution in [0.3, 0.4) is 0 Å². The van der Waals surface area contributed by atoms with E-state index in [0.717, 1.165) is 22.6 Å². The van der Waals surface area contributed by atoms with Crippen molar-refractivity contribution in [3.8, 4) is 11.5 Å². The molecule has 0 radical (unpaired) electrons. The zero-order valence-electron chi connectivity index (χ0n) is 15.2. The maximum Gasteiger partial charge on any atom is 0.252 e. The van der Waals surface area contributed by atoms with Gasteiger partial charge in [-0.2, -0.15) is 0 Å². The van der Waals surface area contributed by atoms with Gasteiger partial charge < -0.3 is 14.8 Å². The zero-order chi connectivity index (χ0) is 18.2. The molecule has 134 valence electrons. The molecule has 0 aliphatic carbocycles. The maximum atomic E-state index is 12.8. The van der Waals surface area contributed by atoms with Gasteiger partial charge in [0.1, 0.15) is 0 Å². The summed E-state index contributed by atoms with van der Waals surface area (Å²) in [6.07, 6.45) is 0.782. The molecule has 1 amide bonds. The summed E-state index contributed by atoms with van der Waals surface area (Å²) in [4.78, 5) is 13.8. The van der Waals surface area contributed by atoms with Crippen molar-refractivity contribution >= 4 is 17.7 Å². The lowest BCUT2D eigenvalue weighted by molar-refractivity contribution is 0.0932. The Morgan fingerprint density at radius 3 is 2.44 bits per heavy atom. The van der Waals surface area contributed by atoms with Crippen molar-refractivity contribution in [3.05, 3.63) is 53.6 Å². The lowest BCUT2D eigenvalue weighted by Gasteiger charge is -2.20. The number of carbonyl (C=O) groups excluding carboxylic acids is 1. The smallest absolute Gasteiger partial charge is 0.252 e. The largest absolute Gasteiger partial charge is 0.493 e. The van der Waals surface area contributed by atoms with Gasteiger partial charge in [-0.1, -0.05) is 32.0 Å². The molecule has 4 nitrogen and oxygen atoms in total. The molecule has 1 N–H and O–H groups in total. The fourth-order valence-electron chi connectivity index (χ4n) is 2.66. The van der Waals surface area contributed by atoms with Gasteiger partial charge in [-0.25, -0.2) is 0 Å². The van der Waals surface area contributed by atoms with Crippen LogP contribution in [0, 0.1) is 0 Å². The number of thioether (sulfide) groups is 1. The fourth-order valence-corrected chi connectivity index (χ4v) is 3.46. The number of rotatable bonds is 8. The summed E-state index contributed by atoms with van der Waals surface area (Å²) in [5.41, 5.74) is 1.71. The third-order valence-corrected chi connectivity index (χ3v) is 4.91. The summed E-state index contributed by atoms with van der Waals surface area (Å²) in [5, 5.41) is 3.14. The summed E-state index contributed by atoms with van der Waals surface area (Å²) in [6, 6.07) is 13.4. The second kappa shape index (κ2) is 9.37. The molecule has 0 aliphatic heterocycles. The topological polar surface area (TPSA) is 47.6 Å². The number of ether oxygens (including phenoxy) is 2. The van der Waals surface area contributed by atoms with Crippen LogP contribution in [0.1, 0.15) is 42.2 Å². The van der Waals surface area contributed by atoms with Crippen LogP contribution in [0.4, 0.5) is 0 Å². The Balaban J connectivity index is 2.23. The molecule has 5 heteroatoms. The quantitative estimate of drug-likeness (QED) is 0.694. The minimum Gasteiger partial charge on any atom is -0.493 e. The lowest BCUT2D eigenvalue weighted by atomic mass is 10.0. The van der Waals surface area contributed by atoms with E-state index in [1.165, 1.54) is 0 Å². The number of amides is 1. The van der Waals surface area contributed by atoms with Crippen molar-refractivity contribution < 1.29 is 14.3 Å². The van der Waals surface area contributed by atoms with Gasteiger partial charge in [0.25, 0.3) is 5.91 Å². The minimum absolute atomic E-state index is 0.0572. The van der Waals surface area contributed by atoms with Crippen LogP contribution in [0.25, 0.3) is 0 Å². The van der Waals surface area contributed by atoms with Crippen molar-refractivity contribution in [1.29, 1.82) is 0 Å². The Bertz CT molecular complexity index is 718. The van der Waals surface area contributed by atoms with Gasteiger partial charge in [0.05, 0.1) is 25.8 Å². The third-order valence-electron chi connectivity index (χ3n) is 3.96. The van der Waals surface area contributed by atoms with Gasteiger partial charge in [-0.15, -0.1) is 11.8 Å². The first-order valence-electron chi connectivity index (χ1n) is 8.39. The molecule has 2 aromatic carbocycles. The van der Waals surface area contributed by atoms with Crippen molar-refractivity contribution in [1.82, 2.24) is 5.32 Å². The average Bonchev–Trinajstić information content (AvgIpc) is 2.66. The highest BCUT2D eigenvalue weighted by molar-refractivity contribution is 7.99. The van der Waals surface area contributed by atoms with E-state index in [0.29, 0.717) is 17.1 Å². The Hall–Kier alpha value is -2.14. The molecule has 0 fully saturated rings. The number of methoxy groups -OCH3 is 2. The number of hydrogen-bond donors (Lipinski definition) is 1. The van der Waals surface area contributed by atoms with Crippen molar-refractivity contribution in [2.75, 3.05) is 20.0 Å². The second-order valence-electron chi connectivity index (χ2n) is 5.48. The molecule has 0 bridgehead atoms.